The largest absolute Gasteiger partial charge is 0.457 e. The molecular formula is C54H24N4O8S2. The summed E-state index contributed by atoms with van der Waals surface area (Å²) in [6.07, 6.45) is 2.79. The zero-order chi connectivity index (χ0) is 47.4. The number of fused-ring (bicyclic) bond motifs is 7. The molecular weight excluding hydrogens is 897 g/mol. The molecule has 0 saturated heterocycles. The highest BCUT2D eigenvalue weighted by Crippen LogP contribution is 2.45. The second kappa shape index (κ2) is 16.8. The van der Waals surface area contributed by atoms with Crippen molar-refractivity contribution in [3.63, 3.8) is 0 Å². The molecule has 0 unspecified atom stereocenters. The number of hydrogen-bond acceptors (Lipinski definition) is 14. The second-order valence-electron chi connectivity index (χ2n) is 15.6. The second-order valence-corrected chi connectivity index (χ2v) is 17.8. The van der Waals surface area contributed by atoms with Crippen LogP contribution >= 0.6 is 22.7 Å². The summed E-state index contributed by atoms with van der Waals surface area (Å²) in [5.41, 5.74) is 1.05. The third-order valence-corrected chi connectivity index (χ3v) is 13.9. The number of hydrogen-bond donors (Lipinski definition) is 0. The van der Waals surface area contributed by atoms with Crippen LogP contribution in [0, 0.1) is 45.3 Å². The van der Waals surface area contributed by atoms with Crippen molar-refractivity contribution in [2.45, 2.75) is 13.2 Å². The Kier molecular flexibility index (Phi) is 10.5. The standard InChI is InChI=1S/C54H24N4O8S2/c55-21-29-11-35-36(12-30(29)22-56)48(60)45(47(35)59)17-33-15-39-43(53(63)65-25-27-7-3-1-4-8-27)19-41-42(51(39)67-33)20-44(54(64)66-26-28-9-5-2-6-10-28)40-16-34(68-52(40)41)18-46-49(61)37-13-31(23-57)32(24-58)14-38(37)50(46)62/h1-20H,25-26H2. The van der Waals surface area contributed by atoms with Crippen molar-refractivity contribution in [3.05, 3.63) is 197 Å². The first-order valence-corrected chi connectivity index (χ1v) is 22.1. The molecule has 6 aromatic carbocycles. The lowest BCUT2D eigenvalue weighted by Gasteiger charge is -2.12. The molecule has 0 aliphatic heterocycles. The number of rotatable bonds is 8. The summed E-state index contributed by atoms with van der Waals surface area (Å²) < 4.78 is 12.7. The van der Waals surface area contributed by atoms with Crippen LogP contribution in [-0.4, -0.2) is 35.1 Å². The molecule has 0 atom stereocenters. The lowest BCUT2D eigenvalue weighted by atomic mass is 9.98. The maximum Gasteiger partial charge on any atom is 0.339 e. The van der Waals surface area contributed by atoms with E-state index in [1.54, 1.807) is 48.5 Å². The Morgan fingerprint density at radius 2 is 0.779 bits per heavy atom. The fourth-order valence-corrected chi connectivity index (χ4v) is 10.6. The van der Waals surface area contributed by atoms with Gasteiger partial charge in [-0.15, -0.1) is 22.7 Å². The highest BCUT2D eigenvalue weighted by atomic mass is 32.1. The van der Waals surface area contributed by atoms with Crippen molar-refractivity contribution in [1.82, 2.24) is 0 Å². The predicted molar refractivity (Wildman–Crippen MR) is 251 cm³/mol. The topological polar surface area (TPSA) is 216 Å². The number of carbonyl (C=O) groups excluding carboxylic acids is 6. The first kappa shape index (κ1) is 42.5. The van der Waals surface area contributed by atoms with Crippen LogP contribution in [0.15, 0.2) is 120 Å². The Morgan fingerprint density at radius 1 is 0.456 bits per heavy atom. The molecule has 0 radical (unpaired) electrons. The summed E-state index contributed by atoms with van der Waals surface area (Å²) in [5, 5.41) is 40.2. The molecule has 0 bridgehead atoms. The monoisotopic (exact) mass is 920 g/mol. The van der Waals surface area contributed by atoms with E-state index in [2.05, 4.69) is 0 Å². The van der Waals surface area contributed by atoms with E-state index in [-0.39, 0.29) is 80.0 Å². The number of nitriles is 4. The average molecular weight is 921 g/mol. The number of carbonyl (C=O) groups is 6. The molecule has 2 heterocycles. The van der Waals surface area contributed by atoms with Crippen molar-refractivity contribution in [3.8, 4) is 24.3 Å². The molecule has 10 rings (SSSR count). The van der Waals surface area contributed by atoms with Crippen LogP contribution < -0.4 is 0 Å². The number of nitrogens with zero attached hydrogens (tertiary/aromatic N) is 4. The normalized spacial score (nSPS) is 12.6. The van der Waals surface area contributed by atoms with Gasteiger partial charge in [0.25, 0.3) is 0 Å². The predicted octanol–water partition coefficient (Wildman–Crippen LogP) is 10.4. The number of ketones is 4. The molecule has 0 amide bonds. The smallest absolute Gasteiger partial charge is 0.339 e. The van der Waals surface area contributed by atoms with Gasteiger partial charge in [0, 0.05) is 63.0 Å². The minimum absolute atomic E-state index is 0.0122. The minimum Gasteiger partial charge on any atom is -0.457 e. The molecule has 2 aliphatic rings. The average Bonchev–Trinajstić information content (AvgIpc) is 4.11. The van der Waals surface area contributed by atoms with E-state index in [9.17, 15) is 49.8 Å². The SMILES string of the molecule is N#Cc1cc2c(cc1C#N)C(=O)C(=Cc1cc3c(C(=O)OCc4ccccc4)cc4c(cc(C(=O)OCc5ccccc5)c5cc(C=C6C(=O)c7cc(C#N)c(C#N)cc7C6=O)sc54)c3s1)C2=O. The fraction of sp³-hybridized carbons (Fsp3) is 0.0370. The maximum absolute atomic E-state index is 14.3. The van der Waals surface area contributed by atoms with Crippen LogP contribution in [0.25, 0.3) is 43.1 Å². The summed E-state index contributed by atoms with van der Waals surface area (Å²) >= 11 is 2.28. The van der Waals surface area contributed by atoms with E-state index in [1.807, 2.05) is 60.7 Å². The van der Waals surface area contributed by atoms with Gasteiger partial charge in [-0.25, -0.2) is 9.59 Å². The maximum atomic E-state index is 14.3. The van der Waals surface area contributed by atoms with Crippen LogP contribution in [0.4, 0.5) is 0 Å². The van der Waals surface area contributed by atoms with Gasteiger partial charge < -0.3 is 9.47 Å². The third-order valence-electron chi connectivity index (χ3n) is 11.6. The molecule has 14 heteroatoms. The van der Waals surface area contributed by atoms with E-state index in [0.29, 0.717) is 40.7 Å². The van der Waals surface area contributed by atoms with E-state index in [0.717, 1.165) is 33.8 Å². The number of esters is 2. The Bertz CT molecular complexity index is 3540. The van der Waals surface area contributed by atoms with E-state index in [4.69, 9.17) is 9.47 Å². The molecule has 12 nitrogen and oxygen atoms in total. The molecule has 2 aromatic heterocycles. The molecule has 68 heavy (non-hydrogen) atoms. The van der Waals surface area contributed by atoms with Crippen molar-refractivity contribution in [2.75, 3.05) is 0 Å². The molecule has 0 saturated carbocycles. The van der Waals surface area contributed by atoms with Gasteiger partial charge in [-0.1, -0.05) is 60.7 Å². The Balaban J connectivity index is 1.16. The van der Waals surface area contributed by atoms with Crippen LogP contribution in [0.5, 0.6) is 0 Å². The van der Waals surface area contributed by atoms with Crippen LogP contribution in [0.2, 0.25) is 0 Å². The number of allylic oxidation sites excluding steroid dienone is 2. The minimum atomic E-state index is -0.696. The van der Waals surface area contributed by atoms with Gasteiger partial charge in [0.15, 0.2) is 23.1 Å². The Morgan fingerprint density at radius 3 is 1.09 bits per heavy atom. The number of Topliss-reactive ketones (excluding diaryl/α,β-unsaturated/α-hetero) is 4. The molecule has 0 fully saturated rings. The van der Waals surface area contributed by atoms with Crippen LogP contribution in [0.1, 0.15) is 105 Å². The van der Waals surface area contributed by atoms with Gasteiger partial charge in [-0.2, -0.15) is 21.0 Å². The van der Waals surface area contributed by atoms with E-state index >= 15 is 0 Å². The summed E-state index contributed by atoms with van der Waals surface area (Å²) in [6.45, 7) is -0.128. The summed E-state index contributed by atoms with van der Waals surface area (Å²) in [4.78, 5) is 84.3. The Hall–Kier alpha value is -9.44. The van der Waals surface area contributed by atoms with Crippen molar-refractivity contribution >= 4 is 101 Å². The van der Waals surface area contributed by atoms with Gasteiger partial charge in [-0.3, -0.25) is 19.2 Å². The highest BCUT2D eigenvalue weighted by molar-refractivity contribution is 7.22. The number of thiophene rings is 2. The molecule has 0 N–H and O–H groups in total. The zero-order valence-electron chi connectivity index (χ0n) is 34.8. The van der Waals surface area contributed by atoms with Gasteiger partial charge in [-0.05, 0) is 71.8 Å². The third kappa shape index (κ3) is 7.12. The quantitative estimate of drug-likeness (QED) is 0.0790. The number of benzene rings is 6. The fourth-order valence-electron chi connectivity index (χ4n) is 8.33. The first-order valence-electron chi connectivity index (χ1n) is 20.5. The lowest BCUT2D eigenvalue weighted by Crippen LogP contribution is -2.07. The van der Waals surface area contributed by atoms with Crippen molar-refractivity contribution in [1.29, 1.82) is 21.0 Å². The van der Waals surface area contributed by atoms with Crippen LogP contribution in [-0.2, 0) is 22.7 Å². The summed E-state index contributed by atoms with van der Waals surface area (Å²) in [5.74, 6) is -3.95. The van der Waals surface area contributed by atoms with Gasteiger partial charge in [0.05, 0.1) is 44.5 Å². The molecule has 2 aliphatic carbocycles. The van der Waals surface area contributed by atoms with Gasteiger partial charge in [0.2, 0.25) is 0 Å². The highest BCUT2D eigenvalue weighted by Gasteiger charge is 2.36. The summed E-state index contributed by atoms with van der Waals surface area (Å²) in [6, 6.07) is 37.2. The zero-order valence-corrected chi connectivity index (χ0v) is 36.5. The van der Waals surface area contributed by atoms with E-state index < -0.39 is 35.1 Å². The van der Waals surface area contributed by atoms with Crippen LogP contribution in [0.3, 0.4) is 0 Å². The van der Waals surface area contributed by atoms with Gasteiger partial charge in [0.1, 0.15) is 37.5 Å². The van der Waals surface area contributed by atoms with Gasteiger partial charge >= 0.3 is 11.9 Å². The van der Waals surface area contributed by atoms with Crippen molar-refractivity contribution < 1.29 is 38.2 Å². The van der Waals surface area contributed by atoms with Crippen molar-refractivity contribution in [2.24, 2.45) is 0 Å². The van der Waals surface area contributed by atoms with E-state index in [1.165, 1.54) is 36.4 Å². The molecule has 8 aromatic rings. The summed E-state index contributed by atoms with van der Waals surface area (Å²) in [7, 11) is 0. The number of ether oxygens (including phenoxy) is 2. The first-order chi connectivity index (χ1) is 33.0. The molecule has 0 spiro atoms. The lowest BCUT2D eigenvalue weighted by molar-refractivity contribution is 0.0466. The Labute approximate surface area is 392 Å². The molecule has 320 valence electrons.